The van der Waals surface area contributed by atoms with E-state index in [0.29, 0.717) is 18.1 Å². The third-order valence-corrected chi connectivity index (χ3v) is 5.19. The summed E-state index contributed by atoms with van der Waals surface area (Å²) >= 11 is 11.8. The molecule has 146 valence electrons. The van der Waals surface area contributed by atoms with Gasteiger partial charge in [0.15, 0.2) is 0 Å². The average molecular weight is 429 g/mol. The van der Waals surface area contributed by atoms with Gasteiger partial charge in [-0.25, -0.2) is 0 Å². The minimum atomic E-state index is -4.73. The summed E-state index contributed by atoms with van der Waals surface area (Å²) in [5, 5.41) is 3.94. The van der Waals surface area contributed by atoms with E-state index >= 15 is 0 Å². The van der Waals surface area contributed by atoms with Gasteiger partial charge in [-0.2, -0.15) is 13.2 Å². The van der Waals surface area contributed by atoms with Crippen LogP contribution < -0.4 is 0 Å². The van der Waals surface area contributed by atoms with Crippen molar-refractivity contribution in [3.8, 4) is 0 Å². The second kappa shape index (κ2) is 6.67. The maximum absolute atomic E-state index is 14.1. The van der Waals surface area contributed by atoms with Crippen LogP contribution in [0.1, 0.15) is 28.7 Å². The van der Waals surface area contributed by atoms with Gasteiger partial charge in [-0.05, 0) is 35.9 Å². The molecular formula is C19H13Cl2F3N2O2. The number of nitrogens with zero attached hydrogens (tertiary/aromatic N) is 2. The van der Waals surface area contributed by atoms with E-state index in [1.807, 2.05) is 0 Å². The fourth-order valence-electron chi connectivity index (χ4n) is 3.36. The standard InChI is InChI=1S/C19H13Cl2F3N2O2/c1-25-17-15-3-2-10(4-11(15)9-27-17)16-8-18(28-26-16,19(22,23)24)12-5-13(20)7-14(21)6-12/h2-7H,8-9H2,1H3/b25-17-. The number of aliphatic imine (C=N–C) groups is 1. The monoisotopic (exact) mass is 428 g/mol. The Hall–Kier alpha value is -2.25. The minimum Gasteiger partial charge on any atom is -0.473 e. The Morgan fingerprint density at radius 1 is 1.11 bits per heavy atom. The van der Waals surface area contributed by atoms with Crippen LogP contribution in [-0.4, -0.2) is 24.8 Å². The lowest BCUT2D eigenvalue weighted by Crippen LogP contribution is -2.42. The molecular weight excluding hydrogens is 416 g/mol. The zero-order valence-corrected chi connectivity index (χ0v) is 16.0. The molecule has 1 unspecified atom stereocenters. The molecule has 2 heterocycles. The highest BCUT2D eigenvalue weighted by Gasteiger charge is 2.62. The molecule has 0 amide bonds. The van der Waals surface area contributed by atoms with Crippen LogP contribution in [-0.2, 0) is 21.8 Å². The third-order valence-electron chi connectivity index (χ3n) is 4.75. The first-order chi connectivity index (χ1) is 13.2. The van der Waals surface area contributed by atoms with E-state index in [1.165, 1.54) is 18.2 Å². The van der Waals surface area contributed by atoms with Gasteiger partial charge >= 0.3 is 6.18 Å². The Labute approximate surface area is 168 Å². The number of benzene rings is 2. The number of alkyl halides is 3. The maximum atomic E-state index is 14.1. The van der Waals surface area contributed by atoms with Crippen LogP contribution >= 0.6 is 23.2 Å². The number of hydrogen-bond donors (Lipinski definition) is 0. The highest BCUT2D eigenvalue weighted by atomic mass is 35.5. The van der Waals surface area contributed by atoms with Gasteiger partial charge in [0.1, 0.15) is 6.61 Å². The highest BCUT2D eigenvalue weighted by molar-refractivity contribution is 6.34. The molecule has 9 heteroatoms. The van der Waals surface area contributed by atoms with Crippen LogP contribution in [0.25, 0.3) is 0 Å². The largest absolute Gasteiger partial charge is 0.473 e. The summed E-state index contributed by atoms with van der Waals surface area (Å²) in [6.07, 6.45) is -5.23. The van der Waals surface area contributed by atoms with Gasteiger partial charge in [0.2, 0.25) is 5.90 Å². The van der Waals surface area contributed by atoms with Crippen molar-refractivity contribution in [1.29, 1.82) is 0 Å². The van der Waals surface area contributed by atoms with Crippen LogP contribution in [0.4, 0.5) is 13.2 Å². The van der Waals surface area contributed by atoms with Crippen molar-refractivity contribution in [3.63, 3.8) is 0 Å². The number of hydrogen-bond acceptors (Lipinski definition) is 4. The molecule has 2 aliphatic rings. The van der Waals surface area contributed by atoms with Crippen molar-refractivity contribution >= 4 is 34.8 Å². The number of ether oxygens (including phenoxy) is 1. The quantitative estimate of drug-likeness (QED) is 0.635. The predicted octanol–water partition coefficient (Wildman–Crippen LogP) is 5.48. The van der Waals surface area contributed by atoms with E-state index in [-0.39, 0.29) is 21.3 Å². The highest BCUT2D eigenvalue weighted by Crippen LogP contribution is 2.49. The van der Waals surface area contributed by atoms with Crippen molar-refractivity contribution < 1.29 is 22.7 Å². The van der Waals surface area contributed by atoms with E-state index in [2.05, 4.69) is 10.1 Å². The summed E-state index contributed by atoms with van der Waals surface area (Å²) in [6.45, 7) is 0.304. The lowest BCUT2D eigenvalue weighted by atomic mass is 9.86. The Kier molecular flexibility index (Phi) is 4.55. The summed E-state index contributed by atoms with van der Waals surface area (Å²) < 4.78 is 47.6. The van der Waals surface area contributed by atoms with Crippen LogP contribution in [0.2, 0.25) is 10.0 Å². The lowest BCUT2D eigenvalue weighted by molar-refractivity contribution is -0.275. The zero-order valence-electron chi connectivity index (χ0n) is 14.5. The summed E-state index contributed by atoms with van der Waals surface area (Å²) in [6, 6.07) is 8.93. The van der Waals surface area contributed by atoms with Gasteiger partial charge in [-0.1, -0.05) is 34.4 Å². The van der Waals surface area contributed by atoms with Crippen LogP contribution in [0.15, 0.2) is 46.5 Å². The van der Waals surface area contributed by atoms with Crippen molar-refractivity contribution in [1.82, 2.24) is 0 Å². The third kappa shape index (κ3) is 3.02. The van der Waals surface area contributed by atoms with E-state index < -0.39 is 18.2 Å². The Balaban J connectivity index is 1.72. The van der Waals surface area contributed by atoms with Crippen molar-refractivity contribution in [2.45, 2.75) is 24.8 Å². The molecule has 0 spiro atoms. The van der Waals surface area contributed by atoms with Gasteiger partial charge < -0.3 is 9.57 Å². The van der Waals surface area contributed by atoms with Gasteiger partial charge in [-0.3, -0.25) is 4.99 Å². The normalized spacial score (nSPS) is 22.6. The van der Waals surface area contributed by atoms with Gasteiger partial charge in [-0.15, -0.1) is 0 Å². The molecule has 4 nitrogen and oxygen atoms in total. The van der Waals surface area contributed by atoms with Gasteiger partial charge in [0.05, 0.1) is 5.71 Å². The molecule has 0 fully saturated rings. The number of rotatable bonds is 2. The molecule has 0 aromatic heterocycles. The predicted molar refractivity (Wildman–Crippen MR) is 100 cm³/mol. The van der Waals surface area contributed by atoms with Crippen molar-refractivity contribution in [3.05, 3.63) is 68.7 Å². The molecule has 2 aliphatic heterocycles. The van der Waals surface area contributed by atoms with Crippen LogP contribution in [0, 0.1) is 0 Å². The van der Waals surface area contributed by atoms with E-state index in [4.69, 9.17) is 32.8 Å². The fourth-order valence-corrected chi connectivity index (χ4v) is 3.88. The van der Waals surface area contributed by atoms with Crippen LogP contribution in [0.5, 0.6) is 0 Å². The lowest BCUT2D eigenvalue weighted by Gasteiger charge is -2.29. The van der Waals surface area contributed by atoms with Crippen molar-refractivity contribution in [2.75, 3.05) is 7.05 Å². The minimum absolute atomic E-state index is 0.0873. The Bertz CT molecular complexity index is 1000. The van der Waals surface area contributed by atoms with Gasteiger partial charge in [0, 0.05) is 40.2 Å². The molecule has 0 aliphatic carbocycles. The Morgan fingerprint density at radius 3 is 2.46 bits per heavy atom. The molecule has 0 N–H and O–H groups in total. The first kappa shape index (κ1) is 19.1. The first-order valence-electron chi connectivity index (χ1n) is 8.25. The zero-order chi connectivity index (χ0) is 20.1. The second-order valence-corrected chi connectivity index (χ2v) is 7.35. The molecule has 0 bridgehead atoms. The van der Waals surface area contributed by atoms with E-state index in [0.717, 1.165) is 11.1 Å². The first-order valence-corrected chi connectivity index (χ1v) is 9.01. The molecule has 0 saturated carbocycles. The Morgan fingerprint density at radius 2 is 1.82 bits per heavy atom. The van der Waals surface area contributed by atoms with Gasteiger partial charge in [0.25, 0.3) is 5.60 Å². The van der Waals surface area contributed by atoms with Crippen molar-refractivity contribution in [2.24, 2.45) is 10.1 Å². The van der Waals surface area contributed by atoms with E-state index in [1.54, 1.807) is 25.2 Å². The molecule has 2 aromatic carbocycles. The second-order valence-electron chi connectivity index (χ2n) is 6.48. The number of oxime groups is 1. The maximum Gasteiger partial charge on any atom is 0.435 e. The number of halogens is 5. The molecule has 0 radical (unpaired) electrons. The van der Waals surface area contributed by atoms with Crippen LogP contribution in [0.3, 0.4) is 0 Å². The molecule has 1 atom stereocenters. The molecule has 2 aromatic rings. The molecule has 0 saturated heterocycles. The topological polar surface area (TPSA) is 43.2 Å². The SMILES string of the molecule is C/N=C1\OCc2cc(C3=NOC(c4cc(Cl)cc(Cl)c4)(C(F)(F)F)C3)ccc21. The molecule has 28 heavy (non-hydrogen) atoms. The summed E-state index contributed by atoms with van der Waals surface area (Å²) in [5.74, 6) is 0.504. The fraction of sp³-hybridized carbons (Fsp3) is 0.263. The summed E-state index contributed by atoms with van der Waals surface area (Å²) in [5.41, 5.74) is -0.494. The average Bonchev–Trinajstić information content (AvgIpc) is 3.25. The smallest absolute Gasteiger partial charge is 0.435 e. The summed E-state index contributed by atoms with van der Waals surface area (Å²) in [4.78, 5) is 9.05. The summed E-state index contributed by atoms with van der Waals surface area (Å²) in [7, 11) is 1.61. The molecule has 4 rings (SSSR count). The number of fused-ring (bicyclic) bond motifs is 1. The van der Waals surface area contributed by atoms with E-state index in [9.17, 15) is 13.2 Å².